The second-order valence-corrected chi connectivity index (χ2v) is 4.85. The van der Waals surface area contributed by atoms with Gasteiger partial charge in [-0.15, -0.1) is 0 Å². The van der Waals surface area contributed by atoms with Crippen LogP contribution >= 0.6 is 0 Å². The maximum absolute atomic E-state index is 12.4. The molecule has 0 aromatic carbocycles. The minimum atomic E-state index is -4.38. The van der Waals surface area contributed by atoms with Crippen molar-refractivity contribution in [3.63, 3.8) is 0 Å². The maximum Gasteiger partial charge on any atom is 0.408 e. The SMILES string of the molecule is O=C(O)C1C[C@@H]1c1ccc2cnn(CC(F)(F)F)c2n1. The summed E-state index contributed by atoms with van der Waals surface area (Å²) in [7, 11) is 0. The lowest BCUT2D eigenvalue weighted by Crippen LogP contribution is -2.18. The van der Waals surface area contributed by atoms with Gasteiger partial charge in [0, 0.05) is 17.0 Å². The van der Waals surface area contributed by atoms with Gasteiger partial charge in [0.2, 0.25) is 0 Å². The number of carboxylic acid groups (broad SMARTS) is 1. The second-order valence-electron chi connectivity index (χ2n) is 4.85. The molecule has 1 unspecified atom stereocenters. The zero-order valence-electron chi connectivity index (χ0n) is 10.1. The van der Waals surface area contributed by atoms with Crippen LogP contribution in [0, 0.1) is 5.92 Å². The number of aromatic nitrogens is 3. The fourth-order valence-corrected chi connectivity index (χ4v) is 2.25. The normalized spacial score (nSPS) is 22.1. The largest absolute Gasteiger partial charge is 0.481 e. The molecule has 5 nitrogen and oxygen atoms in total. The van der Waals surface area contributed by atoms with Crippen LogP contribution in [-0.4, -0.2) is 32.0 Å². The predicted octanol–water partition coefficient (Wildman–Crippen LogP) is 2.18. The molecule has 0 spiro atoms. The smallest absolute Gasteiger partial charge is 0.408 e. The number of pyridine rings is 1. The Morgan fingerprint density at radius 2 is 2.20 bits per heavy atom. The number of hydrogen-bond donors (Lipinski definition) is 1. The third-order valence-corrected chi connectivity index (χ3v) is 3.32. The summed E-state index contributed by atoms with van der Waals surface area (Å²) in [5.74, 6) is -1.61. The average Bonchev–Trinajstić information content (AvgIpc) is 3.06. The van der Waals surface area contributed by atoms with Crippen molar-refractivity contribution >= 4 is 17.0 Å². The fraction of sp³-hybridized carbons (Fsp3) is 0.417. The van der Waals surface area contributed by atoms with Crippen LogP contribution in [0.2, 0.25) is 0 Å². The molecular formula is C12H10F3N3O2. The van der Waals surface area contributed by atoms with Crippen LogP contribution in [0.4, 0.5) is 13.2 Å². The minimum Gasteiger partial charge on any atom is -0.481 e. The van der Waals surface area contributed by atoms with E-state index in [1.807, 2.05) is 0 Å². The molecule has 20 heavy (non-hydrogen) atoms. The Morgan fingerprint density at radius 1 is 1.45 bits per heavy atom. The van der Waals surface area contributed by atoms with Crippen molar-refractivity contribution in [2.24, 2.45) is 5.92 Å². The first-order valence-electron chi connectivity index (χ1n) is 5.97. The Bertz CT molecular complexity index is 680. The first kappa shape index (κ1) is 12.9. The molecule has 8 heteroatoms. The summed E-state index contributed by atoms with van der Waals surface area (Å²) in [4.78, 5) is 15.0. The van der Waals surface area contributed by atoms with Gasteiger partial charge in [-0.2, -0.15) is 18.3 Å². The van der Waals surface area contributed by atoms with Crippen molar-refractivity contribution in [1.82, 2.24) is 14.8 Å². The van der Waals surface area contributed by atoms with Gasteiger partial charge in [-0.25, -0.2) is 9.67 Å². The molecule has 2 atom stereocenters. The van der Waals surface area contributed by atoms with Crippen molar-refractivity contribution in [2.45, 2.75) is 25.1 Å². The van der Waals surface area contributed by atoms with E-state index < -0.39 is 24.6 Å². The van der Waals surface area contributed by atoms with Gasteiger partial charge in [-0.1, -0.05) is 0 Å². The standard InChI is InChI=1S/C12H10F3N3O2/c13-12(14,15)5-18-10-6(4-16-18)1-2-9(17-10)7-3-8(7)11(19)20/h1-2,4,7-8H,3,5H2,(H,19,20)/t7-,8?/m0/s1. The molecule has 1 saturated carbocycles. The summed E-state index contributed by atoms with van der Waals surface area (Å²) in [6, 6.07) is 3.27. The van der Waals surface area contributed by atoms with Gasteiger partial charge in [-0.3, -0.25) is 4.79 Å². The summed E-state index contributed by atoms with van der Waals surface area (Å²) in [5.41, 5.74) is 0.643. The first-order chi connectivity index (χ1) is 9.35. The lowest BCUT2D eigenvalue weighted by molar-refractivity contribution is -0.142. The molecular weight excluding hydrogens is 275 g/mol. The summed E-state index contributed by atoms with van der Waals surface area (Å²) >= 11 is 0. The predicted molar refractivity (Wildman–Crippen MR) is 62.1 cm³/mol. The van der Waals surface area contributed by atoms with Gasteiger partial charge in [0.05, 0.1) is 12.1 Å². The lowest BCUT2D eigenvalue weighted by Gasteiger charge is -2.07. The Hall–Kier alpha value is -2.12. The highest BCUT2D eigenvalue weighted by Crippen LogP contribution is 2.47. The van der Waals surface area contributed by atoms with Crippen molar-refractivity contribution in [1.29, 1.82) is 0 Å². The van der Waals surface area contributed by atoms with E-state index in [1.165, 1.54) is 6.20 Å². The zero-order valence-corrected chi connectivity index (χ0v) is 10.1. The van der Waals surface area contributed by atoms with Gasteiger partial charge >= 0.3 is 12.1 Å². The van der Waals surface area contributed by atoms with Gasteiger partial charge in [-0.05, 0) is 18.6 Å². The van der Waals surface area contributed by atoms with E-state index in [4.69, 9.17) is 5.11 Å². The number of fused-ring (bicyclic) bond motifs is 1. The van der Waals surface area contributed by atoms with Crippen LogP contribution < -0.4 is 0 Å². The second kappa shape index (κ2) is 4.19. The summed E-state index contributed by atoms with van der Waals surface area (Å²) in [6.45, 7) is -1.21. The molecule has 3 rings (SSSR count). The molecule has 1 aliphatic carbocycles. The van der Waals surface area contributed by atoms with Crippen LogP contribution in [0.5, 0.6) is 0 Å². The third kappa shape index (κ3) is 2.33. The van der Waals surface area contributed by atoms with E-state index in [0.717, 1.165) is 4.68 Å². The molecule has 0 bridgehead atoms. The molecule has 0 radical (unpaired) electrons. The highest BCUT2D eigenvalue weighted by atomic mass is 19.4. The zero-order chi connectivity index (χ0) is 14.5. The van der Waals surface area contributed by atoms with Gasteiger partial charge in [0.15, 0.2) is 5.65 Å². The molecule has 2 aromatic rings. The maximum atomic E-state index is 12.4. The number of carbonyl (C=O) groups is 1. The molecule has 0 amide bonds. The van der Waals surface area contributed by atoms with Crippen molar-refractivity contribution in [3.8, 4) is 0 Å². The number of hydrogen-bond acceptors (Lipinski definition) is 3. The lowest BCUT2D eigenvalue weighted by atomic mass is 10.2. The Labute approximate surface area is 111 Å². The molecule has 1 aliphatic rings. The van der Waals surface area contributed by atoms with E-state index in [9.17, 15) is 18.0 Å². The molecule has 1 N–H and O–H groups in total. The fourth-order valence-electron chi connectivity index (χ4n) is 2.25. The molecule has 0 aliphatic heterocycles. The van der Waals surface area contributed by atoms with E-state index in [0.29, 0.717) is 17.5 Å². The molecule has 1 fully saturated rings. The van der Waals surface area contributed by atoms with E-state index in [2.05, 4.69) is 10.1 Å². The Balaban J connectivity index is 1.94. The molecule has 0 saturated heterocycles. The van der Waals surface area contributed by atoms with Gasteiger partial charge < -0.3 is 5.11 Å². The third-order valence-electron chi connectivity index (χ3n) is 3.32. The topological polar surface area (TPSA) is 68.0 Å². The number of rotatable bonds is 3. The summed E-state index contributed by atoms with van der Waals surface area (Å²) in [5, 5.41) is 13.1. The highest BCUT2D eigenvalue weighted by molar-refractivity contribution is 5.77. The molecule has 2 aromatic heterocycles. The monoisotopic (exact) mass is 285 g/mol. The number of aliphatic carboxylic acids is 1. The quantitative estimate of drug-likeness (QED) is 0.938. The molecule has 2 heterocycles. The van der Waals surface area contributed by atoms with Crippen LogP contribution in [0.1, 0.15) is 18.0 Å². The van der Waals surface area contributed by atoms with Crippen molar-refractivity contribution < 1.29 is 23.1 Å². The van der Waals surface area contributed by atoms with Crippen LogP contribution in [-0.2, 0) is 11.3 Å². The Morgan fingerprint density at radius 3 is 2.80 bits per heavy atom. The van der Waals surface area contributed by atoms with Crippen molar-refractivity contribution in [2.75, 3.05) is 0 Å². The van der Waals surface area contributed by atoms with E-state index in [-0.39, 0.29) is 11.6 Å². The Kier molecular flexibility index (Phi) is 2.70. The average molecular weight is 285 g/mol. The van der Waals surface area contributed by atoms with Crippen LogP contribution in [0.15, 0.2) is 18.3 Å². The van der Waals surface area contributed by atoms with Gasteiger partial charge in [0.1, 0.15) is 6.54 Å². The van der Waals surface area contributed by atoms with Crippen LogP contribution in [0.25, 0.3) is 11.0 Å². The number of carboxylic acids is 1. The number of alkyl halides is 3. The van der Waals surface area contributed by atoms with Gasteiger partial charge in [0.25, 0.3) is 0 Å². The van der Waals surface area contributed by atoms with E-state index in [1.54, 1.807) is 12.1 Å². The summed E-state index contributed by atoms with van der Waals surface area (Å²) in [6.07, 6.45) is -2.58. The highest BCUT2D eigenvalue weighted by Gasteiger charge is 2.45. The van der Waals surface area contributed by atoms with E-state index >= 15 is 0 Å². The van der Waals surface area contributed by atoms with Crippen LogP contribution in [0.3, 0.4) is 0 Å². The first-order valence-corrected chi connectivity index (χ1v) is 5.97. The molecule has 106 valence electrons. The minimum absolute atomic E-state index is 0.135. The summed E-state index contributed by atoms with van der Waals surface area (Å²) < 4.78 is 38.0. The number of halogens is 3. The number of nitrogens with zero attached hydrogens (tertiary/aromatic N) is 3. The van der Waals surface area contributed by atoms with Crippen molar-refractivity contribution in [3.05, 3.63) is 24.0 Å².